The first-order valence-electron chi connectivity index (χ1n) is 8.41. The zero-order chi connectivity index (χ0) is 17.5. The number of carbonyl (C=O) groups excluding carboxylic acids is 1. The second-order valence-electron chi connectivity index (χ2n) is 5.96. The van der Waals surface area contributed by atoms with Crippen LogP contribution < -0.4 is 5.32 Å². The summed E-state index contributed by atoms with van der Waals surface area (Å²) < 4.78 is 5.65. The van der Waals surface area contributed by atoms with Gasteiger partial charge in [-0.25, -0.2) is 0 Å². The van der Waals surface area contributed by atoms with E-state index in [-0.39, 0.29) is 5.91 Å². The molecule has 0 spiro atoms. The third kappa shape index (κ3) is 5.01. The van der Waals surface area contributed by atoms with Crippen molar-refractivity contribution in [3.63, 3.8) is 0 Å². The largest absolute Gasteiger partial charge is 0.421 e. The molecular formula is C20H21N3O2. The summed E-state index contributed by atoms with van der Waals surface area (Å²) in [5.74, 6) is 0.962. The van der Waals surface area contributed by atoms with Gasteiger partial charge >= 0.3 is 0 Å². The number of carbonyl (C=O) groups is 1. The van der Waals surface area contributed by atoms with E-state index in [1.807, 2.05) is 49.4 Å². The first-order chi connectivity index (χ1) is 12.2. The van der Waals surface area contributed by atoms with Crippen LogP contribution in [0.4, 0.5) is 0 Å². The number of nitrogens with one attached hydrogen (secondary N) is 1. The van der Waals surface area contributed by atoms with E-state index in [2.05, 4.69) is 27.6 Å². The summed E-state index contributed by atoms with van der Waals surface area (Å²) in [5, 5.41) is 11.0. The van der Waals surface area contributed by atoms with E-state index < -0.39 is 0 Å². The molecule has 25 heavy (non-hydrogen) atoms. The number of rotatable bonds is 7. The summed E-state index contributed by atoms with van der Waals surface area (Å²) in [6.07, 6.45) is 1.60. The highest BCUT2D eigenvalue weighted by Gasteiger charge is 2.10. The van der Waals surface area contributed by atoms with Gasteiger partial charge in [0.2, 0.25) is 17.7 Å². The Labute approximate surface area is 147 Å². The van der Waals surface area contributed by atoms with Gasteiger partial charge in [-0.3, -0.25) is 4.79 Å². The number of amides is 1. The standard InChI is InChI=1S/C20H21N3O2/c1-15-6-5-9-17(14-15)20-23-22-19(25-20)11-10-18(24)21-13-12-16-7-3-2-4-8-16/h2-9,14H,10-13H2,1H3,(H,21,24). The van der Waals surface area contributed by atoms with Gasteiger partial charge in [-0.1, -0.05) is 48.0 Å². The van der Waals surface area contributed by atoms with Crippen molar-refractivity contribution in [2.24, 2.45) is 0 Å². The van der Waals surface area contributed by atoms with E-state index in [1.165, 1.54) is 5.56 Å². The summed E-state index contributed by atoms with van der Waals surface area (Å²) in [6.45, 7) is 2.64. The highest BCUT2D eigenvalue weighted by atomic mass is 16.4. The second-order valence-corrected chi connectivity index (χ2v) is 5.96. The molecule has 3 rings (SSSR count). The Hall–Kier alpha value is -2.95. The van der Waals surface area contributed by atoms with Crippen LogP contribution in [0.5, 0.6) is 0 Å². The lowest BCUT2D eigenvalue weighted by molar-refractivity contribution is -0.121. The predicted molar refractivity (Wildman–Crippen MR) is 95.9 cm³/mol. The van der Waals surface area contributed by atoms with Crippen molar-refractivity contribution >= 4 is 5.91 Å². The van der Waals surface area contributed by atoms with E-state index in [4.69, 9.17) is 4.42 Å². The van der Waals surface area contributed by atoms with Crippen LogP contribution in [0.25, 0.3) is 11.5 Å². The van der Waals surface area contributed by atoms with Crippen LogP contribution in [0, 0.1) is 6.92 Å². The molecule has 3 aromatic rings. The molecule has 5 nitrogen and oxygen atoms in total. The van der Waals surface area contributed by atoms with Gasteiger partial charge in [0, 0.05) is 24.9 Å². The maximum Gasteiger partial charge on any atom is 0.247 e. The fraction of sp³-hybridized carbons (Fsp3) is 0.250. The van der Waals surface area contributed by atoms with Crippen molar-refractivity contribution in [1.82, 2.24) is 15.5 Å². The topological polar surface area (TPSA) is 68.0 Å². The van der Waals surface area contributed by atoms with Crippen LogP contribution in [-0.2, 0) is 17.6 Å². The van der Waals surface area contributed by atoms with Gasteiger partial charge in [0.1, 0.15) is 0 Å². The van der Waals surface area contributed by atoms with Crippen LogP contribution >= 0.6 is 0 Å². The smallest absolute Gasteiger partial charge is 0.247 e. The average molecular weight is 335 g/mol. The third-order valence-electron chi connectivity index (χ3n) is 3.88. The number of hydrogen-bond donors (Lipinski definition) is 1. The van der Waals surface area contributed by atoms with Gasteiger partial charge in [0.15, 0.2) is 0 Å². The summed E-state index contributed by atoms with van der Waals surface area (Å²) in [4.78, 5) is 11.9. The van der Waals surface area contributed by atoms with Crippen LogP contribution in [0.1, 0.15) is 23.4 Å². The predicted octanol–water partition coefficient (Wildman–Crippen LogP) is 3.34. The van der Waals surface area contributed by atoms with E-state index in [9.17, 15) is 4.79 Å². The average Bonchev–Trinajstić information content (AvgIpc) is 3.10. The lowest BCUT2D eigenvalue weighted by Gasteiger charge is -2.04. The molecule has 0 saturated heterocycles. The summed E-state index contributed by atoms with van der Waals surface area (Å²) >= 11 is 0. The molecule has 2 aromatic carbocycles. The molecule has 1 heterocycles. The molecule has 0 aliphatic heterocycles. The zero-order valence-electron chi connectivity index (χ0n) is 14.2. The van der Waals surface area contributed by atoms with Crippen molar-refractivity contribution in [3.8, 4) is 11.5 Å². The van der Waals surface area contributed by atoms with Gasteiger partial charge in [-0.15, -0.1) is 10.2 Å². The van der Waals surface area contributed by atoms with Crippen molar-refractivity contribution in [2.75, 3.05) is 6.54 Å². The molecule has 0 aliphatic rings. The molecule has 0 aliphatic carbocycles. The van der Waals surface area contributed by atoms with E-state index >= 15 is 0 Å². The third-order valence-corrected chi connectivity index (χ3v) is 3.88. The fourth-order valence-corrected chi connectivity index (χ4v) is 2.55. The quantitative estimate of drug-likeness (QED) is 0.719. The second kappa shape index (κ2) is 8.24. The highest BCUT2D eigenvalue weighted by Crippen LogP contribution is 2.19. The maximum absolute atomic E-state index is 11.9. The number of aromatic nitrogens is 2. The van der Waals surface area contributed by atoms with Crippen molar-refractivity contribution < 1.29 is 9.21 Å². The molecule has 0 fully saturated rings. The van der Waals surface area contributed by atoms with Gasteiger partial charge < -0.3 is 9.73 Å². The van der Waals surface area contributed by atoms with E-state index in [0.29, 0.717) is 31.2 Å². The first kappa shape index (κ1) is 16.9. The number of nitrogens with zero attached hydrogens (tertiary/aromatic N) is 2. The van der Waals surface area contributed by atoms with Crippen LogP contribution in [0.2, 0.25) is 0 Å². The zero-order valence-corrected chi connectivity index (χ0v) is 14.2. The van der Waals surface area contributed by atoms with Crippen molar-refractivity contribution in [1.29, 1.82) is 0 Å². The lowest BCUT2D eigenvalue weighted by Crippen LogP contribution is -2.25. The first-order valence-corrected chi connectivity index (χ1v) is 8.41. The summed E-state index contributed by atoms with van der Waals surface area (Å²) in [5.41, 5.74) is 3.24. The van der Waals surface area contributed by atoms with Gasteiger partial charge in [0.25, 0.3) is 0 Å². The minimum atomic E-state index is -0.00811. The Morgan fingerprint density at radius 1 is 1.04 bits per heavy atom. The Morgan fingerprint density at radius 3 is 2.68 bits per heavy atom. The monoisotopic (exact) mass is 335 g/mol. The number of hydrogen-bond acceptors (Lipinski definition) is 4. The Morgan fingerprint density at radius 2 is 1.88 bits per heavy atom. The summed E-state index contributed by atoms with van der Waals surface area (Å²) in [6, 6.07) is 18.0. The van der Waals surface area contributed by atoms with E-state index in [1.54, 1.807) is 0 Å². The molecule has 0 bridgehead atoms. The molecule has 1 amide bonds. The van der Waals surface area contributed by atoms with Crippen molar-refractivity contribution in [2.45, 2.75) is 26.2 Å². The molecule has 1 N–H and O–H groups in total. The van der Waals surface area contributed by atoms with Gasteiger partial charge in [-0.2, -0.15) is 0 Å². The molecule has 0 atom stereocenters. The molecule has 1 aromatic heterocycles. The Balaban J connectivity index is 1.45. The minimum absolute atomic E-state index is 0.00811. The molecule has 5 heteroatoms. The molecule has 0 radical (unpaired) electrons. The Kier molecular flexibility index (Phi) is 5.57. The SMILES string of the molecule is Cc1cccc(-c2nnc(CCC(=O)NCCc3ccccc3)o2)c1. The van der Waals surface area contributed by atoms with Crippen LogP contribution in [-0.4, -0.2) is 22.6 Å². The lowest BCUT2D eigenvalue weighted by atomic mass is 10.1. The summed E-state index contributed by atoms with van der Waals surface area (Å²) in [7, 11) is 0. The highest BCUT2D eigenvalue weighted by molar-refractivity contribution is 5.76. The minimum Gasteiger partial charge on any atom is -0.421 e. The fourth-order valence-electron chi connectivity index (χ4n) is 2.55. The molecule has 0 saturated carbocycles. The number of aryl methyl sites for hydroxylation is 2. The molecule has 128 valence electrons. The number of benzene rings is 2. The molecular weight excluding hydrogens is 314 g/mol. The maximum atomic E-state index is 11.9. The van der Waals surface area contributed by atoms with Gasteiger partial charge in [-0.05, 0) is 31.0 Å². The van der Waals surface area contributed by atoms with Crippen LogP contribution in [0.3, 0.4) is 0 Å². The van der Waals surface area contributed by atoms with E-state index in [0.717, 1.165) is 17.5 Å². The van der Waals surface area contributed by atoms with Crippen molar-refractivity contribution in [3.05, 3.63) is 71.6 Å². The van der Waals surface area contributed by atoms with Gasteiger partial charge in [0.05, 0.1) is 0 Å². The Bertz CT molecular complexity index is 828. The normalized spacial score (nSPS) is 10.6. The molecule has 0 unspecified atom stereocenters. The van der Waals surface area contributed by atoms with Crippen LogP contribution in [0.15, 0.2) is 59.0 Å².